The molecule has 1 N–H and O–H groups in total. The molecule has 0 saturated heterocycles. The van der Waals surface area contributed by atoms with E-state index in [-0.39, 0.29) is 24.0 Å². The molecule has 1 aliphatic carbocycles. The number of hydrogen-bond donors (Lipinski definition) is 1. The van der Waals surface area contributed by atoms with Crippen LogP contribution < -0.4 is 15.8 Å². The monoisotopic (exact) mass is 444 g/mol. The highest BCUT2D eigenvalue weighted by Gasteiger charge is 2.30. The lowest BCUT2D eigenvalue weighted by Gasteiger charge is -2.15. The highest BCUT2D eigenvalue weighted by atomic mass is 35.5. The molecular weight excluding hydrogens is 424 g/mol. The van der Waals surface area contributed by atoms with E-state index >= 15 is 0 Å². The van der Waals surface area contributed by atoms with Crippen molar-refractivity contribution in [1.82, 2.24) is 4.57 Å². The van der Waals surface area contributed by atoms with Gasteiger partial charge in [0.1, 0.15) is 12.2 Å². The molecule has 4 rings (SSSR count). The van der Waals surface area contributed by atoms with Gasteiger partial charge < -0.3 is 19.2 Å². The van der Waals surface area contributed by atoms with Gasteiger partial charge in [-0.15, -0.1) is 0 Å². The van der Waals surface area contributed by atoms with Crippen LogP contribution in [0, 0.1) is 0 Å². The third-order valence-corrected chi connectivity index (χ3v) is 5.30. The smallest absolute Gasteiger partial charge is 0.424 e. The maximum absolute atomic E-state index is 12.7. The third kappa shape index (κ3) is 4.29. The van der Waals surface area contributed by atoms with E-state index in [4.69, 9.17) is 25.5 Å². The summed E-state index contributed by atoms with van der Waals surface area (Å²) in [7, 11) is 1.54. The number of fused-ring (bicyclic) bond motifs is 1. The number of nitrogens with one attached hydrogen (secondary N) is 1. The topological polar surface area (TPSA) is 99.8 Å². The van der Waals surface area contributed by atoms with Crippen LogP contribution in [0.25, 0.3) is 16.8 Å². The number of nitrogens with zero attached hydrogens (tertiary/aromatic N) is 1. The lowest BCUT2D eigenvalue weighted by molar-refractivity contribution is -0.145. The Morgan fingerprint density at radius 2 is 2.03 bits per heavy atom. The van der Waals surface area contributed by atoms with E-state index in [0.29, 0.717) is 28.2 Å². The van der Waals surface area contributed by atoms with Crippen molar-refractivity contribution in [1.29, 1.82) is 0 Å². The van der Waals surface area contributed by atoms with Gasteiger partial charge in [0.2, 0.25) is 5.91 Å². The molecule has 1 amide bonds. The summed E-state index contributed by atoms with van der Waals surface area (Å²) < 4.78 is 16.9. The number of amides is 1. The van der Waals surface area contributed by atoms with Gasteiger partial charge in [-0.25, -0.2) is 9.36 Å². The van der Waals surface area contributed by atoms with E-state index in [1.807, 2.05) is 0 Å². The first-order chi connectivity index (χ1) is 14.9. The van der Waals surface area contributed by atoms with Crippen molar-refractivity contribution in [2.45, 2.75) is 32.1 Å². The van der Waals surface area contributed by atoms with E-state index in [1.165, 1.54) is 11.7 Å². The number of halogens is 1. The molecule has 0 bridgehead atoms. The molecule has 3 aromatic rings. The van der Waals surface area contributed by atoms with Gasteiger partial charge in [-0.3, -0.25) is 9.59 Å². The van der Waals surface area contributed by atoms with Gasteiger partial charge in [-0.05, 0) is 55.5 Å². The summed E-state index contributed by atoms with van der Waals surface area (Å²) in [6.45, 7) is 1.88. The first kappa shape index (κ1) is 21.0. The number of aromatic nitrogens is 1. The van der Waals surface area contributed by atoms with Crippen molar-refractivity contribution >= 4 is 40.3 Å². The number of ether oxygens (including phenoxy) is 2. The van der Waals surface area contributed by atoms with Gasteiger partial charge in [-0.1, -0.05) is 11.6 Å². The molecule has 8 nitrogen and oxygen atoms in total. The zero-order valence-corrected chi connectivity index (χ0v) is 17.8. The first-order valence-electron chi connectivity index (χ1n) is 9.90. The predicted molar refractivity (Wildman–Crippen MR) is 115 cm³/mol. The van der Waals surface area contributed by atoms with E-state index < -0.39 is 17.6 Å². The van der Waals surface area contributed by atoms with Crippen molar-refractivity contribution in [3.05, 3.63) is 51.5 Å². The minimum atomic E-state index is -0.600. The predicted octanol–water partition coefficient (Wildman–Crippen LogP) is 4.01. The van der Waals surface area contributed by atoms with Crippen LogP contribution in [0.4, 0.5) is 5.69 Å². The van der Waals surface area contributed by atoms with Crippen LogP contribution in [0.2, 0.25) is 5.02 Å². The van der Waals surface area contributed by atoms with Crippen molar-refractivity contribution in [2.24, 2.45) is 0 Å². The van der Waals surface area contributed by atoms with Gasteiger partial charge in [0.25, 0.3) is 0 Å². The largest absolute Gasteiger partial charge is 0.497 e. The zero-order valence-electron chi connectivity index (χ0n) is 17.1. The van der Waals surface area contributed by atoms with Crippen LogP contribution in [-0.4, -0.2) is 30.2 Å². The molecule has 0 spiro atoms. The fourth-order valence-electron chi connectivity index (χ4n) is 3.52. The van der Waals surface area contributed by atoms with Crippen molar-refractivity contribution in [3.8, 4) is 11.4 Å². The summed E-state index contributed by atoms with van der Waals surface area (Å²) in [5, 5.41) is 2.97. The van der Waals surface area contributed by atoms with E-state index in [9.17, 15) is 14.4 Å². The highest BCUT2D eigenvalue weighted by Crippen LogP contribution is 2.46. The number of rotatable bonds is 7. The maximum Gasteiger partial charge on any atom is 0.424 e. The second-order valence-corrected chi connectivity index (χ2v) is 7.64. The van der Waals surface area contributed by atoms with Gasteiger partial charge >= 0.3 is 11.7 Å². The van der Waals surface area contributed by atoms with Gasteiger partial charge in [0.15, 0.2) is 5.58 Å². The average Bonchev–Trinajstić information content (AvgIpc) is 3.50. The summed E-state index contributed by atoms with van der Waals surface area (Å²) >= 11 is 6.60. The Kier molecular flexibility index (Phi) is 5.73. The van der Waals surface area contributed by atoms with Crippen molar-refractivity contribution in [3.63, 3.8) is 0 Å². The van der Waals surface area contributed by atoms with Crippen LogP contribution in [0.1, 0.15) is 37.7 Å². The molecule has 0 aliphatic heterocycles. The van der Waals surface area contributed by atoms with Gasteiger partial charge in [0, 0.05) is 11.8 Å². The first-order valence-corrected chi connectivity index (χ1v) is 10.3. The number of benzene rings is 2. The van der Waals surface area contributed by atoms with Gasteiger partial charge in [0.05, 0.1) is 29.9 Å². The Balaban J connectivity index is 1.74. The second kappa shape index (κ2) is 8.47. The molecule has 1 aromatic heterocycles. The summed E-state index contributed by atoms with van der Waals surface area (Å²) in [5.74, 6) is -0.878. The number of hydrogen-bond acceptors (Lipinski definition) is 6. The van der Waals surface area contributed by atoms with E-state index in [0.717, 1.165) is 18.4 Å². The molecule has 0 unspecified atom stereocenters. The number of methoxy groups -OCH3 is 1. The molecule has 9 heteroatoms. The fourth-order valence-corrected chi connectivity index (χ4v) is 3.83. The fraction of sp³-hybridized carbons (Fsp3) is 0.318. The summed E-state index contributed by atoms with van der Waals surface area (Å²) in [6, 6.07) is 8.46. The van der Waals surface area contributed by atoms with E-state index in [2.05, 4.69) is 5.32 Å². The molecule has 1 heterocycles. The molecular formula is C22H21ClN2O6. The lowest BCUT2D eigenvalue weighted by atomic mass is 10.1. The quantitative estimate of drug-likeness (QED) is 0.436. The molecule has 1 saturated carbocycles. The summed E-state index contributed by atoms with van der Waals surface area (Å²) in [4.78, 5) is 36.4. The van der Waals surface area contributed by atoms with Crippen LogP contribution in [0.15, 0.2) is 39.5 Å². The standard InChI is InChI=1S/C22H21ClN2O6/c1-3-30-20(27)11-19(26)24-13-8-15(12-4-5-12)21(16(23)9-13)25-17-7-6-14(29-2)10-18(17)31-22(25)28/h6-10,12H,3-5,11H2,1-2H3,(H,24,26). The maximum atomic E-state index is 12.7. The van der Waals surface area contributed by atoms with E-state index in [1.54, 1.807) is 37.3 Å². The average molecular weight is 445 g/mol. The molecule has 1 fully saturated rings. The number of oxazole rings is 1. The normalized spacial score (nSPS) is 13.3. The number of carbonyl (C=O) groups is 2. The zero-order chi connectivity index (χ0) is 22.1. The Hall–Kier alpha value is -3.26. The van der Waals surface area contributed by atoms with Gasteiger partial charge in [-0.2, -0.15) is 0 Å². The minimum absolute atomic E-state index is 0.206. The Morgan fingerprint density at radius 3 is 2.71 bits per heavy atom. The van der Waals surface area contributed by atoms with Crippen molar-refractivity contribution in [2.75, 3.05) is 19.0 Å². The summed E-state index contributed by atoms with van der Waals surface area (Å²) in [5.41, 5.74) is 2.76. The molecule has 0 radical (unpaired) electrons. The molecule has 31 heavy (non-hydrogen) atoms. The van der Waals surface area contributed by atoms with Crippen LogP contribution in [0.5, 0.6) is 5.75 Å². The minimum Gasteiger partial charge on any atom is -0.497 e. The number of esters is 1. The molecule has 162 valence electrons. The third-order valence-electron chi connectivity index (χ3n) is 5.02. The molecule has 2 aromatic carbocycles. The van der Waals surface area contributed by atoms with Crippen LogP contribution in [0.3, 0.4) is 0 Å². The number of anilines is 1. The lowest BCUT2D eigenvalue weighted by Crippen LogP contribution is -2.19. The summed E-state index contributed by atoms with van der Waals surface area (Å²) in [6.07, 6.45) is 1.50. The van der Waals surface area contributed by atoms with Crippen LogP contribution >= 0.6 is 11.6 Å². The number of carbonyl (C=O) groups excluding carboxylic acids is 2. The second-order valence-electron chi connectivity index (χ2n) is 7.24. The Labute approximate surface area is 182 Å². The molecule has 1 aliphatic rings. The SMILES string of the molecule is CCOC(=O)CC(=O)Nc1cc(Cl)c(-n2c(=O)oc3cc(OC)ccc32)c(C2CC2)c1. The molecule has 0 atom stereocenters. The highest BCUT2D eigenvalue weighted by molar-refractivity contribution is 6.33. The van der Waals surface area contributed by atoms with Crippen molar-refractivity contribution < 1.29 is 23.5 Å². The van der Waals surface area contributed by atoms with Crippen LogP contribution in [-0.2, 0) is 14.3 Å². The Bertz CT molecular complexity index is 1220. The Morgan fingerprint density at radius 1 is 1.26 bits per heavy atom.